The second-order valence-corrected chi connectivity index (χ2v) is 6.20. The number of rotatable bonds is 4. The van der Waals surface area contributed by atoms with Gasteiger partial charge in [0.2, 0.25) is 11.8 Å². The van der Waals surface area contributed by atoms with Gasteiger partial charge in [0, 0.05) is 12.1 Å². The van der Waals surface area contributed by atoms with Crippen LogP contribution in [0.2, 0.25) is 0 Å². The summed E-state index contributed by atoms with van der Waals surface area (Å²) < 4.78 is 13.5. The zero-order valence-electron chi connectivity index (χ0n) is 13.6. The summed E-state index contributed by atoms with van der Waals surface area (Å²) in [7, 11) is 0. The molecule has 0 saturated carbocycles. The molecule has 2 amide bonds. The van der Waals surface area contributed by atoms with Gasteiger partial charge in [0.15, 0.2) is 0 Å². The summed E-state index contributed by atoms with van der Waals surface area (Å²) in [4.78, 5) is 25.8. The number of aliphatic hydroxyl groups is 1. The monoisotopic (exact) mass is 342 g/mol. The summed E-state index contributed by atoms with van der Waals surface area (Å²) in [5.74, 6) is -1.21. The Kier molecular flexibility index (Phi) is 4.81. The third kappa shape index (κ3) is 3.69. The van der Waals surface area contributed by atoms with Crippen LogP contribution in [0.3, 0.4) is 0 Å². The number of amides is 2. The van der Waals surface area contributed by atoms with E-state index in [0.717, 1.165) is 0 Å². The van der Waals surface area contributed by atoms with Crippen LogP contribution in [0, 0.1) is 5.82 Å². The fourth-order valence-electron chi connectivity index (χ4n) is 3.30. The molecule has 3 rings (SSSR count). The van der Waals surface area contributed by atoms with Crippen molar-refractivity contribution in [1.82, 2.24) is 4.90 Å². The number of benzene rings is 2. The number of halogens is 1. The van der Waals surface area contributed by atoms with Crippen LogP contribution >= 0.6 is 0 Å². The molecule has 0 unspecified atom stereocenters. The molecule has 1 fully saturated rings. The first kappa shape index (κ1) is 17.1. The maximum Gasteiger partial charge on any atom is 0.248 e. The highest BCUT2D eigenvalue weighted by Gasteiger charge is 2.35. The summed E-state index contributed by atoms with van der Waals surface area (Å²) in [5, 5.41) is 10.00. The molecule has 3 N–H and O–H groups in total. The van der Waals surface area contributed by atoms with E-state index < -0.39 is 12.0 Å². The Bertz CT molecular complexity index is 809. The van der Waals surface area contributed by atoms with Gasteiger partial charge in [-0.15, -0.1) is 0 Å². The molecular formula is C19H19FN2O3. The maximum atomic E-state index is 13.5. The molecule has 0 aliphatic carbocycles. The molecule has 1 heterocycles. The number of hydrogen-bond donors (Lipinski definition) is 2. The largest absolute Gasteiger partial charge is 0.391 e. The van der Waals surface area contributed by atoms with Crippen molar-refractivity contribution in [2.24, 2.45) is 5.73 Å². The van der Waals surface area contributed by atoms with Crippen LogP contribution in [-0.2, 0) is 11.2 Å². The molecule has 25 heavy (non-hydrogen) atoms. The zero-order chi connectivity index (χ0) is 18.0. The minimum absolute atomic E-state index is 0.00233. The number of nitrogens with two attached hydrogens (primary N) is 1. The number of carbonyl (C=O) groups excluding carboxylic acids is 2. The average molecular weight is 342 g/mol. The number of aliphatic hydroxyl groups excluding tert-OH is 1. The second-order valence-electron chi connectivity index (χ2n) is 6.20. The summed E-state index contributed by atoms with van der Waals surface area (Å²) in [6.07, 6.45) is -0.312. The number of primary amides is 1. The Labute approximate surface area is 144 Å². The molecule has 0 radical (unpaired) electrons. The number of β-amino-alcohol motifs (C(OH)–C–C–N with tert-alkyl or cyclic N) is 1. The van der Waals surface area contributed by atoms with E-state index in [9.17, 15) is 19.1 Å². The fourth-order valence-corrected chi connectivity index (χ4v) is 3.30. The maximum absolute atomic E-state index is 13.5. The van der Waals surface area contributed by atoms with Gasteiger partial charge in [0.25, 0.3) is 0 Å². The fraction of sp³-hybridized carbons (Fsp3) is 0.263. The van der Waals surface area contributed by atoms with Gasteiger partial charge < -0.3 is 15.7 Å². The molecule has 2 aromatic carbocycles. The van der Waals surface area contributed by atoms with Crippen LogP contribution in [0.15, 0.2) is 48.5 Å². The number of likely N-dealkylation sites (tertiary alicyclic amines) is 1. The SMILES string of the molecule is NC(=O)c1ccccc1CC(=O)N1C[C@@H](O)C[C@H]1c1cccc(F)c1. The van der Waals surface area contributed by atoms with Gasteiger partial charge in [-0.2, -0.15) is 0 Å². The quantitative estimate of drug-likeness (QED) is 0.889. The first-order valence-corrected chi connectivity index (χ1v) is 8.06. The molecule has 130 valence electrons. The van der Waals surface area contributed by atoms with Gasteiger partial charge in [0.05, 0.1) is 18.6 Å². The first-order valence-electron chi connectivity index (χ1n) is 8.06. The van der Waals surface area contributed by atoms with E-state index in [0.29, 0.717) is 23.1 Å². The highest BCUT2D eigenvalue weighted by Crippen LogP contribution is 2.33. The minimum Gasteiger partial charge on any atom is -0.391 e. The van der Waals surface area contributed by atoms with Crippen molar-refractivity contribution in [2.45, 2.75) is 25.0 Å². The van der Waals surface area contributed by atoms with E-state index in [2.05, 4.69) is 0 Å². The zero-order valence-corrected chi connectivity index (χ0v) is 13.6. The lowest BCUT2D eigenvalue weighted by molar-refractivity contribution is -0.131. The lowest BCUT2D eigenvalue weighted by atomic mass is 10.0. The smallest absolute Gasteiger partial charge is 0.248 e. The van der Waals surface area contributed by atoms with Gasteiger partial charge in [-0.1, -0.05) is 30.3 Å². The van der Waals surface area contributed by atoms with E-state index in [-0.39, 0.29) is 30.7 Å². The highest BCUT2D eigenvalue weighted by molar-refractivity contribution is 5.95. The first-order chi connectivity index (χ1) is 12.0. The van der Waals surface area contributed by atoms with Gasteiger partial charge in [0.1, 0.15) is 5.82 Å². The van der Waals surface area contributed by atoms with Gasteiger partial charge in [-0.3, -0.25) is 9.59 Å². The summed E-state index contributed by atoms with van der Waals surface area (Å²) in [6.45, 7) is 0.179. The molecular weight excluding hydrogens is 323 g/mol. The van der Waals surface area contributed by atoms with Crippen LogP contribution < -0.4 is 5.73 Å². The van der Waals surface area contributed by atoms with Crippen LogP contribution in [0.4, 0.5) is 4.39 Å². The molecule has 5 nitrogen and oxygen atoms in total. The Morgan fingerprint density at radius 2 is 1.96 bits per heavy atom. The van der Waals surface area contributed by atoms with Crippen molar-refractivity contribution in [3.63, 3.8) is 0 Å². The van der Waals surface area contributed by atoms with E-state index in [1.807, 2.05) is 0 Å². The number of carbonyl (C=O) groups is 2. The third-order valence-electron chi connectivity index (χ3n) is 4.46. The van der Waals surface area contributed by atoms with Crippen LogP contribution in [0.5, 0.6) is 0 Å². The highest BCUT2D eigenvalue weighted by atomic mass is 19.1. The molecule has 6 heteroatoms. The summed E-state index contributed by atoms with van der Waals surface area (Å²) in [5.41, 5.74) is 6.85. The Hall–Kier alpha value is -2.73. The van der Waals surface area contributed by atoms with E-state index in [4.69, 9.17) is 5.73 Å². The standard InChI is InChI=1S/C19H19FN2O3/c20-14-6-3-5-13(8-14)17-10-15(23)11-22(17)18(24)9-12-4-1-2-7-16(12)19(21)25/h1-8,15,17,23H,9-11H2,(H2,21,25)/t15-,17-/m0/s1. The Morgan fingerprint density at radius 1 is 1.20 bits per heavy atom. The average Bonchev–Trinajstić information content (AvgIpc) is 2.97. The van der Waals surface area contributed by atoms with Gasteiger partial charge in [-0.05, 0) is 35.7 Å². The lowest BCUT2D eigenvalue weighted by Gasteiger charge is -2.25. The molecule has 2 aromatic rings. The van der Waals surface area contributed by atoms with E-state index in [1.54, 1.807) is 36.4 Å². The third-order valence-corrected chi connectivity index (χ3v) is 4.46. The van der Waals surface area contributed by atoms with Crippen molar-refractivity contribution in [1.29, 1.82) is 0 Å². The van der Waals surface area contributed by atoms with Crippen LogP contribution in [0.1, 0.15) is 33.9 Å². The molecule has 0 bridgehead atoms. The molecule has 1 aliphatic rings. The topological polar surface area (TPSA) is 83.6 Å². The Balaban J connectivity index is 1.84. The Morgan fingerprint density at radius 3 is 2.68 bits per heavy atom. The number of hydrogen-bond acceptors (Lipinski definition) is 3. The van der Waals surface area contributed by atoms with Crippen molar-refractivity contribution >= 4 is 11.8 Å². The predicted molar refractivity (Wildman–Crippen MR) is 90.1 cm³/mol. The normalized spacial score (nSPS) is 19.8. The molecule has 1 saturated heterocycles. The second kappa shape index (κ2) is 7.03. The predicted octanol–water partition coefficient (Wildman–Crippen LogP) is 1.80. The van der Waals surface area contributed by atoms with E-state index >= 15 is 0 Å². The van der Waals surface area contributed by atoms with Crippen LogP contribution in [0.25, 0.3) is 0 Å². The van der Waals surface area contributed by atoms with Crippen molar-refractivity contribution in [3.8, 4) is 0 Å². The van der Waals surface area contributed by atoms with E-state index in [1.165, 1.54) is 17.0 Å². The minimum atomic E-state index is -0.663. The lowest BCUT2D eigenvalue weighted by Crippen LogP contribution is -2.33. The van der Waals surface area contributed by atoms with Crippen molar-refractivity contribution in [2.75, 3.05) is 6.54 Å². The molecule has 1 aliphatic heterocycles. The van der Waals surface area contributed by atoms with Crippen molar-refractivity contribution in [3.05, 3.63) is 71.0 Å². The summed E-state index contributed by atoms with van der Waals surface area (Å²) >= 11 is 0. The van der Waals surface area contributed by atoms with Gasteiger partial charge >= 0.3 is 0 Å². The van der Waals surface area contributed by atoms with Gasteiger partial charge in [-0.25, -0.2) is 4.39 Å². The molecule has 0 spiro atoms. The summed E-state index contributed by atoms with van der Waals surface area (Å²) in [6, 6.07) is 12.3. The van der Waals surface area contributed by atoms with Crippen LogP contribution in [-0.4, -0.2) is 34.5 Å². The van der Waals surface area contributed by atoms with Crippen molar-refractivity contribution < 1.29 is 19.1 Å². The number of nitrogens with zero attached hydrogens (tertiary/aromatic N) is 1. The molecule has 0 aromatic heterocycles. The molecule has 2 atom stereocenters.